The molecule has 0 bridgehead atoms. The van der Waals surface area contributed by atoms with Gasteiger partial charge in [-0.3, -0.25) is 9.59 Å². The highest BCUT2D eigenvalue weighted by Crippen LogP contribution is 2.20. The van der Waals surface area contributed by atoms with Gasteiger partial charge in [0.05, 0.1) is 7.11 Å². The standard InChI is InChI=1S/C25H32N2O4/c1-3-23(25(29)26-20-11-7-8-12-20)27(17-19-9-5-4-6-10-19)24(28)18-31-22-15-13-21(30-2)14-16-22/h4-6,9-10,13-16,20,23H,3,7-8,11-12,17-18H2,1-2H3,(H,26,29)/t23-/m1/s1. The van der Waals surface area contributed by atoms with Gasteiger partial charge in [-0.1, -0.05) is 50.1 Å². The number of methoxy groups -OCH3 is 1. The first-order chi connectivity index (χ1) is 15.1. The second kappa shape index (κ2) is 11.4. The Bertz CT molecular complexity index is 832. The monoisotopic (exact) mass is 424 g/mol. The minimum Gasteiger partial charge on any atom is -0.497 e. The average Bonchev–Trinajstić information content (AvgIpc) is 3.31. The molecule has 1 aliphatic carbocycles. The number of amides is 2. The van der Waals surface area contributed by atoms with E-state index in [1.165, 1.54) is 0 Å². The Hall–Kier alpha value is -3.02. The van der Waals surface area contributed by atoms with E-state index >= 15 is 0 Å². The van der Waals surface area contributed by atoms with Gasteiger partial charge in [0.1, 0.15) is 17.5 Å². The lowest BCUT2D eigenvalue weighted by Crippen LogP contribution is -2.52. The first kappa shape index (κ1) is 22.7. The molecule has 0 radical (unpaired) electrons. The maximum atomic E-state index is 13.2. The van der Waals surface area contributed by atoms with Gasteiger partial charge in [0.15, 0.2) is 6.61 Å². The van der Waals surface area contributed by atoms with Crippen molar-refractivity contribution in [3.8, 4) is 11.5 Å². The van der Waals surface area contributed by atoms with Crippen molar-refractivity contribution in [2.24, 2.45) is 0 Å². The number of rotatable bonds is 10. The normalized spacial score (nSPS) is 14.6. The molecule has 0 saturated heterocycles. The van der Waals surface area contributed by atoms with Crippen molar-refractivity contribution in [3.05, 3.63) is 60.2 Å². The van der Waals surface area contributed by atoms with E-state index in [2.05, 4.69) is 5.32 Å². The Morgan fingerprint density at radius 1 is 1.03 bits per heavy atom. The molecule has 0 heterocycles. The predicted molar refractivity (Wildman–Crippen MR) is 120 cm³/mol. The highest BCUT2D eigenvalue weighted by atomic mass is 16.5. The molecule has 31 heavy (non-hydrogen) atoms. The van der Waals surface area contributed by atoms with Crippen molar-refractivity contribution in [2.75, 3.05) is 13.7 Å². The summed E-state index contributed by atoms with van der Waals surface area (Å²) < 4.78 is 10.9. The molecule has 2 aromatic carbocycles. The zero-order chi connectivity index (χ0) is 22.1. The highest BCUT2D eigenvalue weighted by Gasteiger charge is 2.30. The maximum Gasteiger partial charge on any atom is 0.261 e. The van der Waals surface area contributed by atoms with Gasteiger partial charge in [0, 0.05) is 12.6 Å². The zero-order valence-corrected chi connectivity index (χ0v) is 18.4. The molecular formula is C25H32N2O4. The van der Waals surface area contributed by atoms with E-state index in [9.17, 15) is 9.59 Å². The lowest BCUT2D eigenvalue weighted by molar-refractivity contribution is -0.143. The second-order valence-electron chi connectivity index (χ2n) is 7.89. The van der Waals surface area contributed by atoms with Crippen molar-refractivity contribution in [3.63, 3.8) is 0 Å². The third kappa shape index (κ3) is 6.48. The number of hydrogen-bond acceptors (Lipinski definition) is 4. The van der Waals surface area contributed by atoms with Crippen LogP contribution in [0, 0.1) is 0 Å². The molecule has 2 amide bonds. The Morgan fingerprint density at radius 3 is 2.29 bits per heavy atom. The average molecular weight is 425 g/mol. The molecule has 6 heteroatoms. The van der Waals surface area contributed by atoms with Crippen molar-refractivity contribution in [1.82, 2.24) is 10.2 Å². The highest BCUT2D eigenvalue weighted by molar-refractivity contribution is 5.88. The van der Waals surface area contributed by atoms with Gasteiger partial charge in [0.25, 0.3) is 5.91 Å². The van der Waals surface area contributed by atoms with Gasteiger partial charge in [-0.15, -0.1) is 0 Å². The molecule has 0 unspecified atom stereocenters. The van der Waals surface area contributed by atoms with Gasteiger partial charge in [-0.05, 0) is 49.1 Å². The summed E-state index contributed by atoms with van der Waals surface area (Å²) >= 11 is 0. The smallest absolute Gasteiger partial charge is 0.261 e. The molecule has 1 fully saturated rings. The van der Waals surface area contributed by atoms with E-state index in [1.807, 2.05) is 37.3 Å². The Morgan fingerprint density at radius 2 is 1.68 bits per heavy atom. The van der Waals surface area contributed by atoms with Crippen LogP contribution in [0.5, 0.6) is 11.5 Å². The minimum atomic E-state index is -0.534. The molecule has 0 aromatic heterocycles. The molecule has 1 saturated carbocycles. The lowest BCUT2D eigenvalue weighted by Gasteiger charge is -2.31. The topological polar surface area (TPSA) is 67.9 Å². The van der Waals surface area contributed by atoms with E-state index in [0.717, 1.165) is 37.0 Å². The van der Waals surface area contributed by atoms with Crippen LogP contribution in [0.15, 0.2) is 54.6 Å². The maximum absolute atomic E-state index is 13.2. The van der Waals surface area contributed by atoms with E-state index in [-0.39, 0.29) is 24.5 Å². The summed E-state index contributed by atoms with van der Waals surface area (Å²) in [7, 11) is 1.60. The van der Waals surface area contributed by atoms with Crippen LogP contribution in [0.2, 0.25) is 0 Å². The van der Waals surface area contributed by atoms with Gasteiger partial charge in [-0.2, -0.15) is 0 Å². The number of ether oxygens (including phenoxy) is 2. The fraction of sp³-hybridized carbons (Fsp3) is 0.440. The summed E-state index contributed by atoms with van der Waals surface area (Å²) in [5.41, 5.74) is 0.979. The number of hydrogen-bond donors (Lipinski definition) is 1. The Labute approximate surface area is 184 Å². The minimum absolute atomic E-state index is 0.0804. The SMILES string of the molecule is CC[C@H](C(=O)NC1CCCC1)N(Cc1ccccc1)C(=O)COc1ccc(OC)cc1. The van der Waals surface area contributed by atoms with Crippen LogP contribution < -0.4 is 14.8 Å². The summed E-state index contributed by atoms with van der Waals surface area (Å²) in [6.07, 6.45) is 4.85. The molecule has 1 aliphatic rings. The fourth-order valence-corrected chi connectivity index (χ4v) is 3.97. The van der Waals surface area contributed by atoms with Crippen LogP contribution in [-0.2, 0) is 16.1 Å². The zero-order valence-electron chi connectivity index (χ0n) is 18.4. The van der Waals surface area contributed by atoms with Gasteiger partial charge in [0.2, 0.25) is 5.91 Å². The van der Waals surface area contributed by atoms with Crippen LogP contribution in [0.25, 0.3) is 0 Å². The summed E-state index contributed by atoms with van der Waals surface area (Å²) in [5.74, 6) is 1.01. The number of benzene rings is 2. The predicted octanol–water partition coefficient (Wildman–Crippen LogP) is 3.94. The molecule has 0 spiro atoms. The summed E-state index contributed by atoms with van der Waals surface area (Å²) in [6.45, 7) is 2.17. The van der Waals surface area contributed by atoms with E-state index in [4.69, 9.17) is 9.47 Å². The molecule has 166 valence electrons. The quantitative estimate of drug-likeness (QED) is 0.627. The van der Waals surface area contributed by atoms with Crippen molar-refractivity contribution >= 4 is 11.8 Å². The van der Waals surface area contributed by atoms with Crippen molar-refractivity contribution in [1.29, 1.82) is 0 Å². The van der Waals surface area contributed by atoms with Crippen LogP contribution in [0.3, 0.4) is 0 Å². The van der Waals surface area contributed by atoms with E-state index in [1.54, 1.807) is 36.3 Å². The molecule has 2 aromatic rings. The Kier molecular flexibility index (Phi) is 8.33. The summed E-state index contributed by atoms with van der Waals surface area (Å²) in [5, 5.41) is 3.15. The van der Waals surface area contributed by atoms with Crippen molar-refractivity contribution < 1.29 is 19.1 Å². The number of carbonyl (C=O) groups is 2. The van der Waals surface area contributed by atoms with Crippen LogP contribution in [-0.4, -0.2) is 42.5 Å². The fourth-order valence-electron chi connectivity index (χ4n) is 3.97. The van der Waals surface area contributed by atoms with Crippen LogP contribution in [0.1, 0.15) is 44.6 Å². The molecule has 1 atom stereocenters. The van der Waals surface area contributed by atoms with Crippen LogP contribution in [0.4, 0.5) is 0 Å². The van der Waals surface area contributed by atoms with Crippen molar-refractivity contribution in [2.45, 2.75) is 57.7 Å². The summed E-state index contributed by atoms with van der Waals surface area (Å²) in [6, 6.07) is 16.5. The summed E-state index contributed by atoms with van der Waals surface area (Å²) in [4.78, 5) is 27.9. The molecular weight excluding hydrogens is 392 g/mol. The van der Waals surface area contributed by atoms with Crippen LogP contribution >= 0.6 is 0 Å². The van der Waals surface area contributed by atoms with Gasteiger partial charge >= 0.3 is 0 Å². The van der Waals surface area contributed by atoms with E-state index in [0.29, 0.717) is 18.7 Å². The number of nitrogens with zero attached hydrogens (tertiary/aromatic N) is 1. The van der Waals surface area contributed by atoms with E-state index < -0.39 is 6.04 Å². The van der Waals surface area contributed by atoms with Gasteiger partial charge in [-0.25, -0.2) is 0 Å². The third-order valence-electron chi connectivity index (χ3n) is 5.70. The Balaban J connectivity index is 1.71. The second-order valence-corrected chi connectivity index (χ2v) is 7.89. The largest absolute Gasteiger partial charge is 0.497 e. The molecule has 0 aliphatic heterocycles. The molecule has 6 nitrogen and oxygen atoms in total. The lowest BCUT2D eigenvalue weighted by atomic mass is 10.1. The van der Waals surface area contributed by atoms with Gasteiger partial charge < -0.3 is 19.7 Å². The molecule has 3 rings (SSSR count). The first-order valence-electron chi connectivity index (χ1n) is 11.0. The number of carbonyl (C=O) groups excluding carboxylic acids is 2. The first-order valence-corrected chi connectivity index (χ1v) is 11.0. The molecule has 1 N–H and O–H groups in total. The third-order valence-corrected chi connectivity index (χ3v) is 5.70. The number of nitrogens with one attached hydrogen (secondary N) is 1.